The van der Waals surface area contributed by atoms with Crippen molar-refractivity contribution in [3.63, 3.8) is 0 Å². The molecule has 0 aromatic rings. The molecule has 0 radical (unpaired) electrons. The summed E-state index contributed by atoms with van der Waals surface area (Å²) < 4.78 is 30.6. The number of hydrogen-bond acceptors (Lipinski definition) is 6. The average Bonchev–Trinajstić information content (AvgIpc) is 3.19. The third kappa shape index (κ3) is 5.83. The fourth-order valence-electron chi connectivity index (χ4n) is 9.70. The van der Waals surface area contributed by atoms with Gasteiger partial charge in [0.1, 0.15) is 0 Å². The number of fused-ring (bicyclic) bond motifs is 5. The van der Waals surface area contributed by atoms with E-state index in [0.29, 0.717) is 41.9 Å². The molecule has 0 saturated heterocycles. The van der Waals surface area contributed by atoms with E-state index >= 15 is 0 Å². The van der Waals surface area contributed by atoms with Crippen LogP contribution >= 0.6 is 0 Å². The highest BCUT2D eigenvalue weighted by Gasteiger charge is 2.62. The van der Waals surface area contributed by atoms with Crippen molar-refractivity contribution in [1.82, 2.24) is 5.32 Å². The lowest BCUT2D eigenvalue weighted by atomic mass is 9.43. The molecule has 4 saturated carbocycles. The zero-order valence-electron chi connectivity index (χ0n) is 23.7. The van der Waals surface area contributed by atoms with Gasteiger partial charge in [-0.3, -0.25) is 9.35 Å². The highest BCUT2D eigenvalue weighted by molar-refractivity contribution is 7.85. The Labute approximate surface area is 229 Å². The van der Waals surface area contributed by atoms with Crippen LogP contribution in [0.15, 0.2) is 0 Å². The van der Waals surface area contributed by atoms with Gasteiger partial charge in [-0.25, -0.2) is 0 Å². The van der Waals surface area contributed by atoms with Gasteiger partial charge >= 0.3 is 0 Å². The van der Waals surface area contributed by atoms with Crippen molar-refractivity contribution in [1.29, 1.82) is 0 Å². The maximum atomic E-state index is 12.3. The molecule has 0 bridgehead atoms. The predicted molar refractivity (Wildman–Crippen MR) is 146 cm³/mol. The molecule has 0 heterocycles. The number of aliphatic hydroxyl groups is 3. The van der Waals surface area contributed by atoms with Crippen molar-refractivity contribution in [2.45, 2.75) is 110 Å². The van der Waals surface area contributed by atoms with Gasteiger partial charge in [-0.1, -0.05) is 27.7 Å². The van der Waals surface area contributed by atoms with Crippen LogP contribution in [0.4, 0.5) is 0 Å². The Morgan fingerprint density at radius 1 is 0.974 bits per heavy atom. The van der Waals surface area contributed by atoms with Crippen LogP contribution in [0.5, 0.6) is 0 Å². The molecular weight excluding hydrogens is 506 g/mol. The third-order valence-corrected chi connectivity index (χ3v) is 12.7. The maximum Gasteiger partial charge on any atom is 0.266 e. The zero-order valence-corrected chi connectivity index (χ0v) is 24.5. The van der Waals surface area contributed by atoms with Gasteiger partial charge < -0.3 is 20.6 Å². The summed E-state index contributed by atoms with van der Waals surface area (Å²) in [7, 11) is -4.14. The number of hydrogen-bond donors (Lipinski definition) is 5. The normalized spacial score (nSPS) is 43.3. The van der Waals surface area contributed by atoms with E-state index in [2.05, 4.69) is 26.1 Å². The summed E-state index contributed by atoms with van der Waals surface area (Å²) in [5.41, 5.74) is 0.388. The number of rotatable bonds is 9. The van der Waals surface area contributed by atoms with Crippen LogP contribution in [0.2, 0.25) is 0 Å². The number of amides is 1. The first-order valence-corrected chi connectivity index (χ1v) is 16.6. The minimum atomic E-state index is -4.14. The quantitative estimate of drug-likeness (QED) is 0.273. The molecular formula is C29H51NO7S. The van der Waals surface area contributed by atoms with Crippen LogP contribution < -0.4 is 5.32 Å². The Morgan fingerprint density at radius 2 is 1.63 bits per heavy atom. The summed E-state index contributed by atoms with van der Waals surface area (Å²) in [5, 5.41) is 34.9. The third-order valence-electron chi connectivity index (χ3n) is 12.0. The van der Waals surface area contributed by atoms with Crippen molar-refractivity contribution in [3.05, 3.63) is 0 Å². The van der Waals surface area contributed by atoms with Gasteiger partial charge in [0.25, 0.3) is 10.1 Å². The van der Waals surface area contributed by atoms with Crippen molar-refractivity contribution in [3.8, 4) is 0 Å². The first-order valence-electron chi connectivity index (χ1n) is 14.9. The van der Waals surface area contributed by atoms with E-state index in [0.717, 1.165) is 51.4 Å². The van der Waals surface area contributed by atoms with Crippen molar-refractivity contribution in [2.24, 2.45) is 52.3 Å². The van der Waals surface area contributed by atoms with Crippen molar-refractivity contribution in [2.75, 3.05) is 12.3 Å². The molecule has 4 rings (SSSR count). The molecule has 0 aromatic heterocycles. The molecule has 8 nitrogen and oxygen atoms in total. The molecule has 0 aromatic carbocycles. The molecule has 38 heavy (non-hydrogen) atoms. The van der Waals surface area contributed by atoms with Crippen molar-refractivity contribution >= 4 is 16.0 Å². The van der Waals surface area contributed by atoms with E-state index in [9.17, 15) is 28.5 Å². The molecule has 4 aliphatic rings. The van der Waals surface area contributed by atoms with Gasteiger partial charge in [-0.2, -0.15) is 8.42 Å². The summed E-state index contributed by atoms with van der Waals surface area (Å²) >= 11 is 0. The Morgan fingerprint density at radius 3 is 2.32 bits per heavy atom. The van der Waals surface area contributed by atoms with E-state index in [-0.39, 0.29) is 29.6 Å². The first kappa shape index (κ1) is 30.2. The van der Waals surface area contributed by atoms with Crippen LogP contribution in [0, 0.1) is 52.3 Å². The predicted octanol–water partition coefficient (Wildman–Crippen LogP) is 3.39. The second-order valence-corrected chi connectivity index (χ2v) is 15.5. The second-order valence-electron chi connectivity index (χ2n) is 13.9. The molecule has 0 spiro atoms. The molecule has 4 aliphatic carbocycles. The average molecular weight is 558 g/mol. The lowest BCUT2D eigenvalue weighted by molar-refractivity contribution is -0.174. The van der Waals surface area contributed by atoms with Gasteiger partial charge in [0.2, 0.25) is 5.91 Å². The Kier molecular flexibility index (Phi) is 8.96. The summed E-state index contributed by atoms with van der Waals surface area (Å²) in [5.74, 6) is 1.07. The number of aliphatic hydroxyl groups excluding tert-OH is 3. The monoisotopic (exact) mass is 557 g/mol. The molecule has 0 unspecified atom stereocenters. The van der Waals surface area contributed by atoms with E-state index in [1.54, 1.807) is 6.92 Å². The number of carbonyl (C=O) groups excluding carboxylic acids is 1. The zero-order chi connectivity index (χ0) is 28.0. The SMILES string of the molecule is C[C@H](CC[C@@H](O)[C@H](C)C(=O)NCCS(=O)(=O)O)[C@H]1CC[C@H]2[C@@H]3[C@H](O)C[C@@H]4C[C@H](O)CC[C@]4(C)[C@H]3CC[C@]12C. The molecule has 1 amide bonds. The molecule has 0 aliphatic heterocycles. The Bertz CT molecular complexity index is 959. The Balaban J connectivity index is 1.35. The standard InChI is InChI=1S/C29H51NO7S/c1-17(5-8-24(32)18(2)27(34)30-13-14-38(35,36)37)21-6-7-22-26-23(10-12-29(21,22)4)28(3)11-9-20(31)15-19(28)16-25(26)33/h17-26,31-33H,5-16H2,1-4H3,(H,30,34)(H,35,36,37)/t17-,18+,19+,20-,21-,22+,23+,24-,25-,26+,28+,29-/m1/s1. The highest BCUT2D eigenvalue weighted by Crippen LogP contribution is 2.68. The lowest BCUT2D eigenvalue weighted by Gasteiger charge is -2.62. The van der Waals surface area contributed by atoms with Crippen LogP contribution in [-0.2, 0) is 14.9 Å². The largest absolute Gasteiger partial charge is 0.393 e. The minimum Gasteiger partial charge on any atom is -0.393 e. The fraction of sp³-hybridized carbons (Fsp3) is 0.966. The number of carbonyl (C=O) groups is 1. The van der Waals surface area contributed by atoms with E-state index < -0.39 is 33.8 Å². The van der Waals surface area contributed by atoms with E-state index in [4.69, 9.17) is 4.55 Å². The molecule has 9 heteroatoms. The van der Waals surface area contributed by atoms with Gasteiger partial charge in [0, 0.05) is 6.54 Å². The van der Waals surface area contributed by atoms with Crippen molar-refractivity contribution < 1.29 is 33.1 Å². The minimum absolute atomic E-state index is 0.169. The summed E-state index contributed by atoms with van der Waals surface area (Å²) in [6, 6.07) is 0. The molecule has 12 atom stereocenters. The smallest absolute Gasteiger partial charge is 0.266 e. The van der Waals surface area contributed by atoms with Crippen LogP contribution in [0.1, 0.15) is 91.9 Å². The highest BCUT2D eigenvalue weighted by atomic mass is 32.2. The van der Waals surface area contributed by atoms with Gasteiger partial charge in [0.05, 0.1) is 30.0 Å². The van der Waals surface area contributed by atoms with Gasteiger partial charge in [0.15, 0.2) is 0 Å². The molecule has 220 valence electrons. The number of nitrogens with one attached hydrogen (secondary N) is 1. The van der Waals surface area contributed by atoms with Crippen LogP contribution in [0.3, 0.4) is 0 Å². The van der Waals surface area contributed by atoms with Gasteiger partial charge in [-0.05, 0) is 111 Å². The lowest BCUT2D eigenvalue weighted by Crippen LogP contribution is -2.58. The summed E-state index contributed by atoms with van der Waals surface area (Å²) in [6.45, 7) is 8.61. The summed E-state index contributed by atoms with van der Waals surface area (Å²) in [4.78, 5) is 12.3. The first-order chi connectivity index (χ1) is 17.7. The Hall–Kier alpha value is -0.740. The van der Waals surface area contributed by atoms with Crippen LogP contribution in [0.25, 0.3) is 0 Å². The van der Waals surface area contributed by atoms with E-state index in [1.165, 1.54) is 6.42 Å². The fourth-order valence-corrected chi connectivity index (χ4v) is 10.1. The second kappa shape index (κ2) is 11.3. The topological polar surface area (TPSA) is 144 Å². The molecule has 4 fully saturated rings. The van der Waals surface area contributed by atoms with E-state index in [1.807, 2.05) is 0 Å². The molecule has 5 N–H and O–H groups in total. The van der Waals surface area contributed by atoms with Gasteiger partial charge in [-0.15, -0.1) is 0 Å². The summed E-state index contributed by atoms with van der Waals surface area (Å²) in [6.07, 6.45) is 8.17. The maximum absolute atomic E-state index is 12.3. The van der Waals surface area contributed by atoms with Crippen LogP contribution in [-0.4, -0.2) is 64.8 Å².